The maximum Gasteiger partial charge on any atom is 0.373 e. The molecule has 0 saturated heterocycles. The highest BCUT2D eigenvalue weighted by Crippen LogP contribution is 2.38. The number of benzene rings is 1. The molecule has 0 amide bonds. The molecule has 41 heavy (non-hydrogen) atoms. The summed E-state index contributed by atoms with van der Waals surface area (Å²) in [7, 11) is 0. The van der Waals surface area contributed by atoms with Gasteiger partial charge >= 0.3 is 29.5 Å². The Labute approximate surface area is 238 Å². The predicted octanol–water partition coefficient (Wildman–Crippen LogP) is 3.19. The first-order chi connectivity index (χ1) is 19.6. The Kier molecular flexibility index (Phi) is 11.3. The topological polar surface area (TPSA) is 215 Å². The van der Waals surface area contributed by atoms with Crippen molar-refractivity contribution in [1.29, 1.82) is 0 Å². The molecule has 2 unspecified atom stereocenters. The van der Waals surface area contributed by atoms with Gasteiger partial charge < -0.3 is 25.0 Å². The lowest BCUT2D eigenvalue weighted by molar-refractivity contribution is -0.385. The maximum absolute atomic E-state index is 12.1. The number of aryl methyl sites for hydroxylation is 1. The number of carboxylic acids is 2. The van der Waals surface area contributed by atoms with E-state index < -0.39 is 52.9 Å². The molecule has 4 N–H and O–H groups in total. The van der Waals surface area contributed by atoms with Gasteiger partial charge in [-0.15, -0.1) is 0 Å². The molecule has 0 aliphatic carbocycles. The molecular formula is C25H30N6O9S. The van der Waals surface area contributed by atoms with Crippen molar-refractivity contribution < 1.29 is 39.0 Å². The van der Waals surface area contributed by atoms with Crippen LogP contribution >= 0.6 is 11.8 Å². The molecular weight excluding hydrogens is 560 g/mol. The normalized spacial score (nSPS) is 15.1. The molecule has 0 saturated carbocycles. The second-order valence-electron chi connectivity index (χ2n) is 8.73. The number of nitro groups is 1. The molecule has 1 aliphatic rings. The van der Waals surface area contributed by atoms with Gasteiger partial charge in [-0.25, -0.2) is 4.79 Å². The van der Waals surface area contributed by atoms with Gasteiger partial charge in [-0.3, -0.25) is 30.0 Å². The van der Waals surface area contributed by atoms with Crippen LogP contribution in [-0.4, -0.2) is 74.7 Å². The molecule has 2 aromatic rings. The van der Waals surface area contributed by atoms with Crippen molar-refractivity contribution in [3.05, 3.63) is 39.4 Å². The summed E-state index contributed by atoms with van der Waals surface area (Å²) in [6.07, 6.45) is 3.33. The van der Waals surface area contributed by atoms with Gasteiger partial charge in [0.25, 0.3) is 0 Å². The van der Waals surface area contributed by atoms with Gasteiger partial charge in [0.1, 0.15) is 18.0 Å². The van der Waals surface area contributed by atoms with Gasteiger partial charge in [-0.1, -0.05) is 17.8 Å². The van der Waals surface area contributed by atoms with E-state index in [0.29, 0.717) is 24.1 Å². The van der Waals surface area contributed by atoms with E-state index in [4.69, 9.17) is 14.6 Å². The number of aliphatic imine (C=N–C) groups is 1. The van der Waals surface area contributed by atoms with Crippen LogP contribution in [0.3, 0.4) is 0 Å². The van der Waals surface area contributed by atoms with Crippen LogP contribution in [0.1, 0.15) is 49.9 Å². The first-order valence-electron chi connectivity index (χ1n) is 12.6. The summed E-state index contributed by atoms with van der Waals surface area (Å²) >= 11 is 1.04. The van der Waals surface area contributed by atoms with Crippen molar-refractivity contribution in [2.24, 2.45) is 4.99 Å². The van der Waals surface area contributed by atoms with Gasteiger partial charge in [0.05, 0.1) is 11.5 Å². The average molecular weight is 591 g/mol. The first-order valence-corrected chi connectivity index (χ1v) is 13.9. The number of thioether (sulfide) groups is 1. The highest BCUT2D eigenvalue weighted by atomic mass is 32.2. The van der Waals surface area contributed by atoms with E-state index >= 15 is 0 Å². The number of aromatic nitrogens is 2. The molecule has 0 bridgehead atoms. The molecule has 1 aromatic carbocycles. The second-order valence-corrected chi connectivity index (χ2v) is 9.51. The van der Waals surface area contributed by atoms with Crippen molar-refractivity contribution in [2.75, 3.05) is 24.7 Å². The summed E-state index contributed by atoms with van der Waals surface area (Å²) in [5.74, 6) is -3.72. The molecule has 2 atom stereocenters. The van der Waals surface area contributed by atoms with E-state index in [2.05, 4.69) is 25.6 Å². The Balaban J connectivity index is 2.03. The largest absolute Gasteiger partial charge is 0.481 e. The first kappa shape index (κ1) is 31.2. The van der Waals surface area contributed by atoms with Crippen LogP contribution in [0.5, 0.6) is 11.6 Å². The molecule has 0 spiro atoms. The van der Waals surface area contributed by atoms with Crippen LogP contribution < -0.4 is 15.4 Å². The quantitative estimate of drug-likeness (QED) is 0.0770. The molecule has 0 radical (unpaired) electrons. The summed E-state index contributed by atoms with van der Waals surface area (Å²) < 4.78 is 11.0. The van der Waals surface area contributed by atoms with Crippen molar-refractivity contribution in [3.63, 3.8) is 0 Å². The zero-order valence-corrected chi connectivity index (χ0v) is 23.2. The zero-order chi connectivity index (χ0) is 29.9. The van der Waals surface area contributed by atoms with Crippen LogP contribution in [-0.2, 0) is 25.5 Å². The highest BCUT2D eigenvalue weighted by molar-refractivity contribution is 7.98. The van der Waals surface area contributed by atoms with Crippen LogP contribution in [0.4, 0.5) is 11.5 Å². The molecule has 3 rings (SSSR count). The van der Waals surface area contributed by atoms with Gasteiger partial charge in [0.2, 0.25) is 5.82 Å². The Bertz CT molecular complexity index is 1320. The minimum atomic E-state index is -1.48. The monoisotopic (exact) mass is 590 g/mol. The maximum atomic E-state index is 12.1. The number of aliphatic carboxylic acids is 2. The summed E-state index contributed by atoms with van der Waals surface area (Å²) in [6.45, 7) is 2.65. The van der Waals surface area contributed by atoms with Crippen molar-refractivity contribution >= 4 is 47.4 Å². The molecule has 2 heterocycles. The summed E-state index contributed by atoms with van der Waals surface area (Å²) in [5, 5.41) is 36.4. The van der Waals surface area contributed by atoms with E-state index in [1.54, 1.807) is 31.5 Å². The fourth-order valence-electron chi connectivity index (χ4n) is 3.89. The Hall–Kier alpha value is -4.31. The van der Waals surface area contributed by atoms with Crippen LogP contribution in [0.25, 0.3) is 0 Å². The standard InChI is InChI=1S/C25H30N6O9S/c1-3-39-19(34)8-5-14-11-15(21-26-9-4-10-27-21)13-16(12-14)40-23-20(31(37)38)22(29-25(30-23)41-2)28-17(24(35)36)6-7-18(32)33/h9,11-13,17,21,27H,3-8,10H2,1-2H3,(H,32,33)(H,35,36)(H,28,29,30). The molecule has 220 valence electrons. The van der Waals surface area contributed by atoms with Crippen molar-refractivity contribution in [3.8, 4) is 11.6 Å². The minimum Gasteiger partial charge on any atom is -0.481 e. The number of carbonyl (C=O) groups excluding carboxylic acids is 1. The third kappa shape index (κ3) is 9.11. The fourth-order valence-corrected chi connectivity index (χ4v) is 4.25. The van der Waals surface area contributed by atoms with Gasteiger partial charge in [0, 0.05) is 25.6 Å². The molecule has 1 aliphatic heterocycles. The zero-order valence-electron chi connectivity index (χ0n) is 22.4. The van der Waals surface area contributed by atoms with E-state index in [9.17, 15) is 29.6 Å². The third-order valence-electron chi connectivity index (χ3n) is 5.76. The number of carboxylic acid groups (broad SMARTS) is 2. The van der Waals surface area contributed by atoms with E-state index in [0.717, 1.165) is 18.2 Å². The van der Waals surface area contributed by atoms with E-state index in [1.165, 1.54) is 0 Å². The molecule has 16 heteroatoms. The number of carbonyl (C=O) groups is 3. The Morgan fingerprint density at radius 1 is 1.24 bits per heavy atom. The Morgan fingerprint density at radius 3 is 2.63 bits per heavy atom. The molecule has 0 fully saturated rings. The lowest BCUT2D eigenvalue weighted by Crippen LogP contribution is -2.31. The summed E-state index contributed by atoms with van der Waals surface area (Å²) in [5.41, 5.74) is 0.654. The number of nitrogens with one attached hydrogen (secondary N) is 2. The van der Waals surface area contributed by atoms with Crippen LogP contribution in [0.2, 0.25) is 0 Å². The number of hydrogen-bond donors (Lipinski definition) is 4. The lowest BCUT2D eigenvalue weighted by atomic mass is 10.0. The number of nitrogens with zero attached hydrogens (tertiary/aromatic N) is 4. The van der Waals surface area contributed by atoms with Gasteiger partial charge in [-0.2, -0.15) is 9.97 Å². The number of anilines is 1. The molecule has 1 aromatic heterocycles. The fraction of sp³-hybridized carbons (Fsp3) is 0.440. The van der Waals surface area contributed by atoms with Crippen molar-refractivity contribution in [1.82, 2.24) is 15.3 Å². The smallest absolute Gasteiger partial charge is 0.373 e. The second kappa shape index (κ2) is 14.9. The SMILES string of the molecule is CCOC(=O)CCc1cc(Oc2nc(SC)nc(NC(CCC(=O)O)C(=O)O)c2[N+](=O)[O-])cc(C2N=CCCN2)c1. The third-order valence-corrected chi connectivity index (χ3v) is 6.31. The minimum absolute atomic E-state index is 0.0488. The number of hydrogen-bond acceptors (Lipinski definition) is 13. The molecule has 15 nitrogen and oxygen atoms in total. The number of ether oxygens (including phenoxy) is 2. The average Bonchev–Trinajstić information content (AvgIpc) is 2.94. The Morgan fingerprint density at radius 2 is 2.02 bits per heavy atom. The van der Waals surface area contributed by atoms with E-state index in [-0.39, 0.29) is 36.3 Å². The van der Waals surface area contributed by atoms with Crippen LogP contribution in [0.15, 0.2) is 28.3 Å². The predicted molar refractivity (Wildman–Crippen MR) is 148 cm³/mol. The van der Waals surface area contributed by atoms with E-state index in [1.807, 2.05) is 6.07 Å². The van der Waals surface area contributed by atoms with Gasteiger partial charge in [0.15, 0.2) is 5.16 Å². The van der Waals surface area contributed by atoms with Crippen LogP contribution in [0, 0.1) is 10.1 Å². The summed E-state index contributed by atoms with van der Waals surface area (Å²) in [6, 6.07) is 3.62. The van der Waals surface area contributed by atoms with Gasteiger partial charge in [-0.05, 0) is 55.7 Å². The lowest BCUT2D eigenvalue weighted by Gasteiger charge is -2.20. The number of rotatable bonds is 15. The van der Waals surface area contributed by atoms with Crippen molar-refractivity contribution in [2.45, 2.75) is 56.4 Å². The highest BCUT2D eigenvalue weighted by Gasteiger charge is 2.31. The number of esters is 1. The summed E-state index contributed by atoms with van der Waals surface area (Å²) in [4.78, 5) is 58.7.